The Hall–Kier alpha value is -2.96. The Labute approximate surface area is 222 Å². The lowest BCUT2D eigenvalue weighted by atomic mass is 10.0. The number of para-hydroxylation sites is 1. The lowest BCUT2D eigenvalue weighted by molar-refractivity contribution is -0.118. The maximum atomic E-state index is 14.4. The van der Waals surface area contributed by atoms with Crippen molar-refractivity contribution in [1.82, 2.24) is 4.90 Å². The number of unbranched alkanes of at least 4 members (excludes halogenated alkanes) is 1. The van der Waals surface area contributed by atoms with E-state index < -0.39 is 0 Å². The molecule has 0 aromatic heterocycles. The van der Waals surface area contributed by atoms with Crippen LogP contribution in [-0.2, 0) is 17.8 Å². The van der Waals surface area contributed by atoms with E-state index in [1.54, 1.807) is 34.9 Å². The summed E-state index contributed by atoms with van der Waals surface area (Å²) >= 11 is 1.56. The molecule has 3 aromatic rings. The zero-order valence-electron chi connectivity index (χ0n) is 21.1. The standard InChI is InChI=1S/C31H33FN2O2S/c32-26-10-2-1-9-25(26)22-34-27-11-3-4-13-29(27)37-30(31(34)36)21-23-14-16-24(17-15-23)28(35)12-5-6-18-33-19-7-8-20-33/h1-4,9-11,13-17,30H,5-8,12,18-22H2. The Morgan fingerprint density at radius 2 is 1.65 bits per heavy atom. The highest BCUT2D eigenvalue weighted by molar-refractivity contribution is 8.01. The second-order valence-corrected chi connectivity index (χ2v) is 11.2. The number of anilines is 1. The maximum Gasteiger partial charge on any atom is 0.241 e. The van der Waals surface area contributed by atoms with Crippen LogP contribution < -0.4 is 4.90 Å². The molecule has 0 radical (unpaired) electrons. The third kappa shape index (κ3) is 6.31. The lowest BCUT2D eigenvalue weighted by Crippen LogP contribution is -2.41. The summed E-state index contributed by atoms with van der Waals surface area (Å²) in [6.07, 6.45) is 5.71. The number of halogens is 1. The van der Waals surface area contributed by atoms with Gasteiger partial charge in [0.25, 0.3) is 0 Å². The van der Waals surface area contributed by atoms with Crippen molar-refractivity contribution >= 4 is 29.1 Å². The number of hydrogen-bond donors (Lipinski definition) is 0. The number of nitrogens with zero attached hydrogens (tertiary/aromatic N) is 2. The van der Waals surface area contributed by atoms with Gasteiger partial charge in [-0.3, -0.25) is 9.59 Å². The van der Waals surface area contributed by atoms with Crippen molar-refractivity contribution in [2.45, 2.75) is 55.2 Å². The average Bonchev–Trinajstić information content (AvgIpc) is 3.44. The van der Waals surface area contributed by atoms with Crippen LogP contribution in [0.1, 0.15) is 53.6 Å². The molecule has 0 spiro atoms. The molecule has 1 fully saturated rings. The topological polar surface area (TPSA) is 40.6 Å². The van der Waals surface area contributed by atoms with E-state index in [2.05, 4.69) is 4.90 Å². The third-order valence-corrected chi connectivity index (χ3v) is 8.53. The molecule has 1 saturated heterocycles. The van der Waals surface area contributed by atoms with Crippen molar-refractivity contribution in [3.8, 4) is 0 Å². The molecule has 1 atom stereocenters. The zero-order chi connectivity index (χ0) is 25.6. The van der Waals surface area contributed by atoms with Crippen molar-refractivity contribution in [2.75, 3.05) is 24.5 Å². The molecule has 5 rings (SSSR count). The minimum atomic E-state index is -0.311. The number of hydrogen-bond acceptors (Lipinski definition) is 4. The van der Waals surface area contributed by atoms with Crippen LogP contribution in [0, 0.1) is 5.82 Å². The molecular weight excluding hydrogens is 483 g/mol. The fraction of sp³-hybridized carbons (Fsp3) is 0.355. The number of likely N-dealkylation sites (tertiary alicyclic amines) is 1. The summed E-state index contributed by atoms with van der Waals surface area (Å²) in [4.78, 5) is 31.4. The minimum Gasteiger partial charge on any atom is -0.306 e. The Balaban J connectivity index is 1.21. The Kier molecular flexibility index (Phi) is 8.37. The van der Waals surface area contributed by atoms with Gasteiger partial charge in [0, 0.05) is 22.4 Å². The smallest absolute Gasteiger partial charge is 0.241 e. The van der Waals surface area contributed by atoms with Gasteiger partial charge in [-0.1, -0.05) is 54.6 Å². The molecule has 2 heterocycles. The molecular formula is C31H33FN2O2S. The largest absolute Gasteiger partial charge is 0.306 e. The Morgan fingerprint density at radius 3 is 2.43 bits per heavy atom. The van der Waals surface area contributed by atoms with Crippen LogP contribution in [-0.4, -0.2) is 41.5 Å². The van der Waals surface area contributed by atoms with Gasteiger partial charge >= 0.3 is 0 Å². The van der Waals surface area contributed by atoms with Crippen molar-refractivity contribution in [2.24, 2.45) is 0 Å². The van der Waals surface area contributed by atoms with E-state index in [4.69, 9.17) is 0 Å². The van der Waals surface area contributed by atoms with Crippen LogP contribution in [0.3, 0.4) is 0 Å². The summed E-state index contributed by atoms with van der Waals surface area (Å²) in [7, 11) is 0. The van der Waals surface area contributed by atoms with Crippen LogP contribution in [0.2, 0.25) is 0 Å². The molecule has 4 nitrogen and oxygen atoms in total. The van der Waals surface area contributed by atoms with Crippen molar-refractivity contribution in [3.63, 3.8) is 0 Å². The van der Waals surface area contributed by atoms with Crippen molar-refractivity contribution in [3.05, 3.63) is 95.3 Å². The lowest BCUT2D eigenvalue weighted by Gasteiger charge is -2.34. The van der Waals surface area contributed by atoms with Crippen LogP contribution in [0.25, 0.3) is 0 Å². The Morgan fingerprint density at radius 1 is 0.919 bits per heavy atom. The number of benzene rings is 3. The second kappa shape index (κ2) is 12.1. The molecule has 0 N–H and O–H groups in total. The first kappa shape index (κ1) is 25.7. The van der Waals surface area contributed by atoms with Crippen molar-refractivity contribution < 1.29 is 14.0 Å². The van der Waals surface area contributed by atoms with E-state index in [-0.39, 0.29) is 29.3 Å². The molecule has 2 aliphatic heterocycles. The van der Waals surface area contributed by atoms with Gasteiger partial charge in [0.05, 0.1) is 17.5 Å². The fourth-order valence-corrected chi connectivity index (χ4v) is 6.44. The van der Waals surface area contributed by atoms with E-state index in [1.165, 1.54) is 32.0 Å². The maximum absolute atomic E-state index is 14.4. The summed E-state index contributed by atoms with van der Waals surface area (Å²) in [5.74, 6) is -0.148. The average molecular weight is 517 g/mol. The molecule has 2 aliphatic rings. The fourth-order valence-electron chi connectivity index (χ4n) is 5.18. The van der Waals surface area contributed by atoms with E-state index >= 15 is 0 Å². The van der Waals surface area contributed by atoms with Crippen LogP contribution in [0.5, 0.6) is 0 Å². The summed E-state index contributed by atoms with van der Waals surface area (Å²) in [6.45, 7) is 3.69. The second-order valence-electron chi connectivity index (χ2n) is 9.92. The van der Waals surface area contributed by atoms with Gasteiger partial charge in [-0.05, 0) is 75.5 Å². The van der Waals surface area contributed by atoms with Gasteiger partial charge in [0.15, 0.2) is 5.78 Å². The number of carbonyl (C=O) groups excluding carboxylic acids is 2. The quantitative estimate of drug-likeness (QED) is 0.227. The highest BCUT2D eigenvalue weighted by Gasteiger charge is 2.34. The van der Waals surface area contributed by atoms with Gasteiger partial charge in [-0.25, -0.2) is 4.39 Å². The minimum absolute atomic E-state index is 0.0230. The molecule has 0 saturated carbocycles. The van der Waals surface area contributed by atoms with Crippen LogP contribution in [0.4, 0.5) is 10.1 Å². The molecule has 192 valence electrons. The zero-order valence-corrected chi connectivity index (χ0v) is 21.9. The monoisotopic (exact) mass is 516 g/mol. The first-order chi connectivity index (χ1) is 18.1. The molecule has 1 amide bonds. The predicted octanol–water partition coefficient (Wildman–Crippen LogP) is 6.52. The van der Waals surface area contributed by atoms with Gasteiger partial charge in [-0.15, -0.1) is 11.8 Å². The summed E-state index contributed by atoms with van der Waals surface area (Å²) in [5, 5.41) is -0.311. The van der Waals surface area contributed by atoms with E-state index in [1.807, 2.05) is 48.5 Å². The first-order valence-corrected chi connectivity index (χ1v) is 14.1. The SMILES string of the molecule is O=C(CCCCN1CCCC1)c1ccc(CC2Sc3ccccc3N(Cc3ccccc3F)C2=O)cc1. The van der Waals surface area contributed by atoms with E-state index in [0.29, 0.717) is 18.4 Å². The van der Waals surface area contributed by atoms with Crippen molar-refractivity contribution in [1.29, 1.82) is 0 Å². The number of amides is 1. The summed E-state index contributed by atoms with van der Waals surface area (Å²) in [5.41, 5.74) is 3.07. The highest BCUT2D eigenvalue weighted by Crippen LogP contribution is 2.41. The number of Topliss-reactive ketones (excluding diaryl/α,β-unsaturated/α-hetero) is 1. The van der Waals surface area contributed by atoms with Gasteiger partial charge in [0.1, 0.15) is 5.82 Å². The summed E-state index contributed by atoms with van der Waals surface area (Å²) in [6, 6.07) is 22.1. The number of fused-ring (bicyclic) bond motifs is 1. The number of ketones is 1. The Bertz CT molecular complexity index is 1240. The third-order valence-electron chi connectivity index (χ3n) is 7.28. The summed E-state index contributed by atoms with van der Waals surface area (Å²) < 4.78 is 14.4. The molecule has 0 bridgehead atoms. The number of carbonyl (C=O) groups is 2. The van der Waals surface area contributed by atoms with E-state index in [9.17, 15) is 14.0 Å². The van der Waals surface area contributed by atoms with Gasteiger partial charge in [0.2, 0.25) is 5.91 Å². The molecule has 37 heavy (non-hydrogen) atoms. The van der Waals surface area contributed by atoms with E-state index in [0.717, 1.165) is 41.1 Å². The van der Waals surface area contributed by atoms with Crippen LogP contribution >= 0.6 is 11.8 Å². The first-order valence-electron chi connectivity index (χ1n) is 13.2. The highest BCUT2D eigenvalue weighted by atomic mass is 32.2. The van der Waals surface area contributed by atoms with Crippen LogP contribution in [0.15, 0.2) is 77.7 Å². The van der Waals surface area contributed by atoms with Gasteiger partial charge in [-0.2, -0.15) is 0 Å². The van der Waals surface area contributed by atoms with Gasteiger partial charge < -0.3 is 9.80 Å². The molecule has 0 aliphatic carbocycles. The molecule has 6 heteroatoms. The molecule has 3 aromatic carbocycles. The normalized spacial score (nSPS) is 17.7. The number of thioether (sulfide) groups is 1. The number of rotatable bonds is 10. The molecule has 1 unspecified atom stereocenters. The predicted molar refractivity (Wildman–Crippen MR) is 148 cm³/mol.